The summed E-state index contributed by atoms with van der Waals surface area (Å²) in [5.74, 6) is -2.73. The van der Waals surface area contributed by atoms with E-state index in [1.165, 1.54) is 0 Å². The predicted molar refractivity (Wildman–Crippen MR) is 93.0 cm³/mol. The average Bonchev–Trinajstić information content (AvgIpc) is 3.00. The van der Waals surface area contributed by atoms with Gasteiger partial charge in [-0.2, -0.15) is 0 Å². The molecular formula is C20H28O6. The Bertz CT molecular complexity index is 702. The number of carbonyl (C=O) groups is 1. The molecule has 2 saturated carbocycles. The first-order chi connectivity index (χ1) is 12.0. The van der Waals surface area contributed by atoms with E-state index in [0.29, 0.717) is 0 Å². The molecule has 0 unspecified atom stereocenters. The van der Waals surface area contributed by atoms with Gasteiger partial charge in [-0.15, -0.1) is 0 Å². The number of aliphatic hydroxyl groups is 4. The van der Waals surface area contributed by atoms with E-state index < -0.39 is 52.5 Å². The summed E-state index contributed by atoms with van der Waals surface area (Å²) in [6.07, 6.45) is 0.141. The van der Waals surface area contributed by atoms with Gasteiger partial charge in [0.25, 0.3) is 0 Å². The molecule has 0 radical (unpaired) electrons. The van der Waals surface area contributed by atoms with Gasteiger partial charge in [-0.05, 0) is 26.2 Å². The van der Waals surface area contributed by atoms with E-state index in [-0.39, 0.29) is 24.9 Å². The number of carbonyl (C=O) groups excluding carboxylic acids is 1. The average molecular weight is 364 g/mol. The molecule has 4 N–H and O–H groups in total. The van der Waals surface area contributed by atoms with Crippen LogP contribution in [0.2, 0.25) is 0 Å². The first kappa shape index (κ1) is 18.3. The molecule has 0 aromatic carbocycles. The van der Waals surface area contributed by atoms with E-state index in [1.807, 2.05) is 13.0 Å². The Hall–Kier alpha value is -1.05. The smallest absolute Gasteiger partial charge is 0.196 e. The van der Waals surface area contributed by atoms with Gasteiger partial charge < -0.3 is 25.2 Å². The second-order valence-electron chi connectivity index (χ2n) is 9.08. The van der Waals surface area contributed by atoms with Crippen molar-refractivity contribution in [2.75, 3.05) is 6.61 Å². The number of ether oxygens (including phenoxy) is 1. The lowest BCUT2D eigenvalue weighted by Gasteiger charge is -2.49. The summed E-state index contributed by atoms with van der Waals surface area (Å²) in [4.78, 5) is 13.6. The van der Waals surface area contributed by atoms with E-state index in [2.05, 4.69) is 6.58 Å². The molecule has 0 aromatic rings. The Morgan fingerprint density at radius 1 is 1.31 bits per heavy atom. The number of ketones is 1. The highest BCUT2D eigenvalue weighted by Gasteiger charge is 2.77. The lowest BCUT2D eigenvalue weighted by molar-refractivity contribution is -0.181. The van der Waals surface area contributed by atoms with E-state index in [1.54, 1.807) is 19.9 Å². The summed E-state index contributed by atoms with van der Waals surface area (Å²) < 4.78 is 5.97. The van der Waals surface area contributed by atoms with Crippen molar-refractivity contribution in [2.45, 2.75) is 56.7 Å². The maximum absolute atomic E-state index is 13.6. The molecule has 4 rings (SSSR count). The summed E-state index contributed by atoms with van der Waals surface area (Å²) in [5.41, 5.74) is -3.63. The fraction of sp³-hybridized carbons (Fsp3) is 0.750. The maximum atomic E-state index is 13.6. The van der Waals surface area contributed by atoms with Gasteiger partial charge in [-0.3, -0.25) is 4.79 Å². The van der Waals surface area contributed by atoms with Gasteiger partial charge in [0, 0.05) is 17.8 Å². The Kier molecular flexibility index (Phi) is 3.71. The fourth-order valence-electron chi connectivity index (χ4n) is 6.37. The standard InChI is InChI=1S/C20H28O6/c1-9(2)11-5-6-12(21)19-8-26-18(4,15(11)19)17(24)20(25)7-10(3)14(22)13(20)16(19)23/h5-6,10-16,21-23,25H,1,7-8H2,2-4H3/t10-,11+,12+,13+,14-,15-,16+,18+,19+,20+/m0/s1. The number of aliphatic hydroxyl groups excluding tert-OH is 3. The minimum absolute atomic E-state index is 0.00988. The zero-order chi connectivity index (χ0) is 19.2. The van der Waals surface area contributed by atoms with Crippen LogP contribution in [-0.2, 0) is 9.53 Å². The molecule has 2 bridgehead atoms. The molecule has 10 atom stereocenters. The summed E-state index contributed by atoms with van der Waals surface area (Å²) in [5, 5.41) is 44.4. The lowest BCUT2D eigenvalue weighted by atomic mass is 9.55. The number of fused-ring (bicyclic) bond motifs is 1. The normalized spacial score (nSPS) is 58.3. The van der Waals surface area contributed by atoms with Gasteiger partial charge in [-0.1, -0.05) is 31.2 Å². The Labute approximate surface area is 153 Å². The van der Waals surface area contributed by atoms with Crippen LogP contribution in [0.5, 0.6) is 0 Å². The third-order valence-corrected chi connectivity index (χ3v) is 7.64. The van der Waals surface area contributed by atoms with Crippen LogP contribution in [0, 0.1) is 29.1 Å². The molecular weight excluding hydrogens is 336 g/mol. The van der Waals surface area contributed by atoms with Crippen LogP contribution < -0.4 is 0 Å². The van der Waals surface area contributed by atoms with Crippen molar-refractivity contribution >= 4 is 5.78 Å². The molecule has 144 valence electrons. The summed E-state index contributed by atoms with van der Waals surface area (Å²) in [6, 6.07) is 0. The van der Waals surface area contributed by atoms with Crippen molar-refractivity contribution in [3.8, 4) is 0 Å². The zero-order valence-corrected chi connectivity index (χ0v) is 15.4. The maximum Gasteiger partial charge on any atom is 0.196 e. The van der Waals surface area contributed by atoms with E-state index in [4.69, 9.17) is 4.74 Å². The zero-order valence-electron chi connectivity index (χ0n) is 15.4. The highest BCUT2D eigenvalue weighted by atomic mass is 16.5. The highest BCUT2D eigenvalue weighted by Crippen LogP contribution is 2.64. The minimum Gasteiger partial charge on any atom is -0.392 e. The highest BCUT2D eigenvalue weighted by molar-refractivity contribution is 5.96. The summed E-state index contributed by atoms with van der Waals surface area (Å²) in [6.45, 7) is 9.26. The van der Waals surface area contributed by atoms with Crippen LogP contribution in [0.1, 0.15) is 27.2 Å². The fourth-order valence-corrected chi connectivity index (χ4v) is 6.37. The number of allylic oxidation sites excluding steroid dienone is 2. The van der Waals surface area contributed by atoms with Crippen molar-refractivity contribution in [1.29, 1.82) is 0 Å². The van der Waals surface area contributed by atoms with Crippen molar-refractivity contribution in [3.63, 3.8) is 0 Å². The van der Waals surface area contributed by atoms with Crippen molar-refractivity contribution < 1.29 is 30.0 Å². The Morgan fingerprint density at radius 2 is 1.96 bits per heavy atom. The quantitative estimate of drug-likeness (QED) is 0.495. The molecule has 0 aromatic heterocycles. The number of hydrogen-bond acceptors (Lipinski definition) is 6. The molecule has 3 aliphatic carbocycles. The summed E-state index contributed by atoms with van der Waals surface area (Å²) in [7, 11) is 0. The molecule has 0 spiro atoms. The SMILES string of the molecule is C=C(C)[C@H]1C=C[C@@H](O)[C@@]23CO[C@@](C)(C(=O)[C@@]4(O)C[C@H](C)[C@H](O)[C@@H]4[C@H]2O)[C@H]13. The molecule has 1 heterocycles. The van der Waals surface area contributed by atoms with Gasteiger partial charge >= 0.3 is 0 Å². The summed E-state index contributed by atoms with van der Waals surface area (Å²) >= 11 is 0. The van der Waals surface area contributed by atoms with Crippen LogP contribution in [0.25, 0.3) is 0 Å². The molecule has 26 heavy (non-hydrogen) atoms. The molecule has 6 heteroatoms. The van der Waals surface area contributed by atoms with Gasteiger partial charge in [0.05, 0.1) is 30.3 Å². The first-order valence-corrected chi connectivity index (χ1v) is 9.31. The third-order valence-electron chi connectivity index (χ3n) is 7.64. The number of hydrogen-bond donors (Lipinski definition) is 4. The molecule has 4 aliphatic rings. The monoisotopic (exact) mass is 364 g/mol. The molecule has 0 amide bonds. The van der Waals surface area contributed by atoms with Gasteiger partial charge in [-0.25, -0.2) is 0 Å². The first-order valence-electron chi connectivity index (χ1n) is 9.31. The van der Waals surface area contributed by atoms with Crippen LogP contribution >= 0.6 is 0 Å². The molecule has 3 fully saturated rings. The predicted octanol–water partition coefficient (Wildman–Crippen LogP) is 0.192. The number of rotatable bonds is 1. The second-order valence-corrected chi connectivity index (χ2v) is 9.08. The van der Waals surface area contributed by atoms with Crippen LogP contribution in [0.15, 0.2) is 24.3 Å². The van der Waals surface area contributed by atoms with E-state index in [9.17, 15) is 25.2 Å². The van der Waals surface area contributed by atoms with Crippen molar-refractivity contribution in [2.24, 2.45) is 29.1 Å². The minimum atomic E-state index is -1.88. The van der Waals surface area contributed by atoms with Crippen molar-refractivity contribution in [1.82, 2.24) is 0 Å². The van der Waals surface area contributed by atoms with E-state index >= 15 is 0 Å². The Balaban J connectivity index is 1.98. The van der Waals surface area contributed by atoms with Crippen molar-refractivity contribution in [3.05, 3.63) is 24.3 Å². The van der Waals surface area contributed by atoms with Crippen LogP contribution in [-0.4, -0.2) is 62.3 Å². The largest absolute Gasteiger partial charge is 0.392 e. The van der Waals surface area contributed by atoms with Crippen LogP contribution in [0.4, 0.5) is 0 Å². The Morgan fingerprint density at radius 3 is 2.58 bits per heavy atom. The lowest BCUT2D eigenvalue weighted by Crippen LogP contribution is -2.59. The number of Topliss-reactive ketones (excluding diaryl/α,β-unsaturated/α-hetero) is 1. The molecule has 1 aliphatic heterocycles. The molecule has 1 saturated heterocycles. The van der Waals surface area contributed by atoms with Gasteiger partial charge in [0.1, 0.15) is 11.2 Å². The van der Waals surface area contributed by atoms with Gasteiger partial charge in [0.15, 0.2) is 5.78 Å². The van der Waals surface area contributed by atoms with E-state index in [0.717, 1.165) is 5.57 Å². The topological polar surface area (TPSA) is 107 Å². The third kappa shape index (κ3) is 1.82. The van der Waals surface area contributed by atoms with Gasteiger partial charge in [0.2, 0.25) is 0 Å². The van der Waals surface area contributed by atoms with Crippen LogP contribution in [0.3, 0.4) is 0 Å². The second kappa shape index (κ2) is 5.26. The molecule has 6 nitrogen and oxygen atoms in total.